The van der Waals surface area contributed by atoms with Gasteiger partial charge in [0.2, 0.25) is 0 Å². The fourth-order valence-corrected chi connectivity index (χ4v) is 1.33. The Balaban J connectivity index is 2.20. The Morgan fingerprint density at radius 2 is 1.94 bits per heavy atom. The number of benzene rings is 1. The van der Waals surface area contributed by atoms with Crippen molar-refractivity contribution < 1.29 is 14.6 Å². The van der Waals surface area contributed by atoms with Gasteiger partial charge in [0.1, 0.15) is 11.5 Å². The molecule has 1 N–H and O–H groups in total. The van der Waals surface area contributed by atoms with Crippen LogP contribution in [0.25, 0.3) is 0 Å². The van der Waals surface area contributed by atoms with Crippen LogP contribution in [0, 0.1) is 11.3 Å². The second kappa shape index (κ2) is 4.97. The maximum atomic E-state index is 10.8. The molecule has 88 valence electrons. The van der Waals surface area contributed by atoms with Crippen molar-refractivity contribution in [2.75, 3.05) is 0 Å². The van der Waals surface area contributed by atoms with Crippen LogP contribution in [0.15, 0.2) is 42.7 Å². The predicted octanol–water partition coefficient (Wildman–Crippen LogP) is 2.44. The monoisotopic (exact) mass is 240 g/mol. The molecule has 1 aromatic carbocycles. The quantitative estimate of drug-likeness (QED) is 0.890. The van der Waals surface area contributed by atoms with Crippen LogP contribution in [0.1, 0.15) is 15.9 Å². The highest BCUT2D eigenvalue weighted by Gasteiger charge is 2.05. The maximum Gasteiger partial charge on any atom is 0.337 e. The van der Waals surface area contributed by atoms with Crippen LogP contribution >= 0.6 is 0 Å². The highest BCUT2D eigenvalue weighted by molar-refractivity contribution is 5.87. The Hall–Kier alpha value is -2.87. The lowest BCUT2D eigenvalue weighted by molar-refractivity contribution is 0.0696. The second-order valence-corrected chi connectivity index (χ2v) is 3.45. The average molecular weight is 240 g/mol. The Kier molecular flexibility index (Phi) is 3.21. The molecule has 0 amide bonds. The molecule has 5 heteroatoms. The molecule has 0 bridgehead atoms. The first-order chi connectivity index (χ1) is 8.69. The van der Waals surface area contributed by atoms with Gasteiger partial charge in [-0.1, -0.05) is 0 Å². The normalized spacial score (nSPS) is 9.50. The zero-order chi connectivity index (χ0) is 13.0. The summed E-state index contributed by atoms with van der Waals surface area (Å²) < 4.78 is 5.43. The Morgan fingerprint density at radius 3 is 2.56 bits per heavy atom. The van der Waals surface area contributed by atoms with E-state index in [4.69, 9.17) is 15.1 Å². The van der Waals surface area contributed by atoms with E-state index >= 15 is 0 Å². The second-order valence-electron chi connectivity index (χ2n) is 3.45. The van der Waals surface area contributed by atoms with Crippen molar-refractivity contribution in [3.8, 4) is 17.6 Å². The van der Waals surface area contributed by atoms with E-state index in [0.29, 0.717) is 17.1 Å². The van der Waals surface area contributed by atoms with Crippen LogP contribution in [0.5, 0.6) is 11.5 Å². The summed E-state index contributed by atoms with van der Waals surface area (Å²) in [4.78, 5) is 14.5. The van der Waals surface area contributed by atoms with Crippen LogP contribution in [-0.2, 0) is 0 Å². The highest BCUT2D eigenvalue weighted by Crippen LogP contribution is 2.21. The number of hydrogen-bond acceptors (Lipinski definition) is 4. The van der Waals surface area contributed by atoms with Crippen molar-refractivity contribution in [1.29, 1.82) is 5.26 Å². The molecular weight excluding hydrogens is 232 g/mol. The molecule has 2 rings (SSSR count). The summed E-state index contributed by atoms with van der Waals surface area (Å²) in [7, 11) is 0. The summed E-state index contributed by atoms with van der Waals surface area (Å²) in [5.41, 5.74) is 0.584. The Morgan fingerprint density at radius 1 is 1.22 bits per heavy atom. The third kappa shape index (κ3) is 2.62. The van der Waals surface area contributed by atoms with Gasteiger partial charge in [-0.25, -0.2) is 4.79 Å². The smallest absolute Gasteiger partial charge is 0.337 e. The Labute approximate surface area is 103 Å². The van der Waals surface area contributed by atoms with Crippen molar-refractivity contribution in [2.24, 2.45) is 0 Å². The molecule has 0 aliphatic heterocycles. The predicted molar refractivity (Wildman–Crippen MR) is 62.4 cm³/mol. The number of carboxylic acid groups (broad SMARTS) is 1. The van der Waals surface area contributed by atoms with Gasteiger partial charge in [-0.15, -0.1) is 0 Å². The number of nitriles is 1. The molecule has 0 atom stereocenters. The SMILES string of the molecule is N#Cc1ccc(Oc2cncc(C(=O)O)c2)cc1. The largest absolute Gasteiger partial charge is 0.478 e. The fraction of sp³-hybridized carbons (Fsp3) is 0. The lowest BCUT2D eigenvalue weighted by atomic mass is 10.2. The summed E-state index contributed by atoms with van der Waals surface area (Å²) in [6.07, 6.45) is 2.67. The van der Waals surface area contributed by atoms with Crippen molar-refractivity contribution >= 4 is 5.97 Å². The minimum absolute atomic E-state index is 0.0566. The van der Waals surface area contributed by atoms with Gasteiger partial charge in [0.25, 0.3) is 0 Å². The van der Waals surface area contributed by atoms with E-state index < -0.39 is 5.97 Å². The first-order valence-corrected chi connectivity index (χ1v) is 5.05. The molecule has 0 fully saturated rings. The summed E-state index contributed by atoms with van der Waals surface area (Å²) in [5.74, 6) is -0.217. The number of pyridine rings is 1. The maximum absolute atomic E-state index is 10.8. The third-order valence-corrected chi connectivity index (χ3v) is 2.18. The number of aromatic nitrogens is 1. The molecule has 5 nitrogen and oxygen atoms in total. The number of nitrogens with zero attached hydrogens (tertiary/aromatic N) is 2. The summed E-state index contributed by atoms with van der Waals surface area (Å²) in [6, 6.07) is 9.87. The third-order valence-electron chi connectivity index (χ3n) is 2.18. The number of ether oxygens (including phenoxy) is 1. The topological polar surface area (TPSA) is 83.2 Å². The van der Waals surface area contributed by atoms with Crippen LogP contribution in [0.4, 0.5) is 0 Å². The lowest BCUT2D eigenvalue weighted by Crippen LogP contribution is -1.97. The summed E-state index contributed by atoms with van der Waals surface area (Å²) in [6.45, 7) is 0. The zero-order valence-electron chi connectivity index (χ0n) is 9.20. The number of aromatic carboxylic acids is 1. The first-order valence-electron chi connectivity index (χ1n) is 5.05. The van der Waals surface area contributed by atoms with Crippen molar-refractivity contribution in [3.63, 3.8) is 0 Å². The molecule has 2 aromatic rings. The van der Waals surface area contributed by atoms with Gasteiger partial charge in [-0.05, 0) is 30.3 Å². The fourth-order valence-electron chi connectivity index (χ4n) is 1.33. The molecule has 18 heavy (non-hydrogen) atoms. The number of rotatable bonds is 3. The van der Waals surface area contributed by atoms with Gasteiger partial charge < -0.3 is 9.84 Å². The molecule has 1 heterocycles. The van der Waals surface area contributed by atoms with Crippen molar-refractivity contribution in [1.82, 2.24) is 4.98 Å². The minimum atomic E-state index is -1.06. The van der Waals surface area contributed by atoms with E-state index in [1.807, 2.05) is 6.07 Å². The standard InChI is InChI=1S/C13H8N2O3/c14-6-9-1-3-11(4-2-9)18-12-5-10(13(16)17)7-15-8-12/h1-5,7-8H,(H,16,17). The average Bonchev–Trinajstić information content (AvgIpc) is 2.40. The Bertz CT molecular complexity index is 615. The molecule has 0 unspecified atom stereocenters. The molecule has 0 aliphatic carbocycles. The molecule has 0 aliphatic rings. The van der Waals surface area contributed by atoms with Crippen molar-refractivity contribution in [2.45, 2.75) is 0 Å². The number of hydrogen-bond donors (Lipinski definition) is 1. The zero-order valence-corrected chi connectivity index (χ0v) is 9.20. The van der Waals surface area contributed by atoms with E-state index in [1.165, 1.54) is 18.5 Å². The van der Waals surface area contributed by atoms with Crippen LogP contribution in [-0.4, -0.2) is 16.1 Å². The van der Waals surface area contributed by atoms with Gasteiger partial charge >= 0.3 is 5.97 Å². The molecule has 0 spiro atoms. The summed E-state index contributed by atoms with van der Waals surface area (Å²) >= 11 is 0. The highest BCUT2D eigenvalue weighted by atomic mass is 16.5. The van der Waals surface area contributed by atoms with Crippen LogP contribution in [0.2, 0.25) is 0 Å². The van der Waals surface area contributed by atoms with Crippen molar-refractivity contribution in [3.05, 3.63) is 53.9 Å². The van der Waals surface area contributed by atoms with E-state index in [2.05, 4.69) is 4.98 Å². The number of carboxylic acids is 1. The van der Waals surface area contributed by atoms with Gasteiger partial charge in [0.05, 0.1) is 23.4 Å². The lowest BCUT2D eigenvalue weighted by Gasteiger charge is -2.05. The van der Waals surface area contributed by atoms with Gasteiger partial charge in [0, 0.05) is 6.20 Å². The van der Waals surface area contributed by atoms with Gasteiger partial charge in [-0.2, -0.15) is 5.26 Å². The van der Waals surface area contributed by atoms with Crippen LogP contribution in [0.3, 0.4) is 0 Å². The van der Waals surface area contributed by atoms with E-state index in [-0.39, 0.29) is 5.56 Å². The van der Waals surface area contributed by atoms with E-state index in [1.54, 1.807) is 24.3 Å². The minimum Gasteiger partial charge on any atom is -0.478 e. The first kappa shape index (κ1) is 11.6. The number of carbonyl (C=O) groups is 1. The van der Waals surface area contributed by atoms with Crippen LogP contribution < -0.4 is 4.74 Å². The molecule has 0 saturated carbocycles. The molecule has 1 aromatic heterocycles. The molecular formula is C13H8N2O3. The van der Waals surface area contributed by atoms with E-state index in [0.717, 1.165) is 0 Å². The van der Waals surface area contributed by atoms with Gasteiger partial charge in [-0.3, -0.25) is 4.98 Å². The molecule has 0 saturated heterocycles. The van der Waals surface area contributed by atoms with Gasteiger partial charge in [0.15, 0.2) is 0 Å². The molecule has 0 radical (unpaired) electrons. The van der Waals surface area contributed by atoms with E-state index in [9.17, 15) is 4.79 Å². The summed E-state index contributed by atoms with van der Waals surface area (Å²) in [5, 5.41) is 17.5.